The fraction of sp³-hybridized carbons (Fsp3) is 0.424. The molecule has 5 N–H and O–H groups in total. The molecule has 5 rings (SSSR count). The van der Waals surface area contributed by atoms with E-state index in [9.17, 15) is 9.18 Å². The highest BCUT2D eigenvalue weighted by Crippen LogP contribution is 2.35. The second kappa shape index (κ2) is 14.0. The van der Waals surface area contributed by atoms with E-state index in [1.165, 1.54) is 10.1 Å². The van der Waals surface area contributed by atoms with Crippen LogP contribution in [0.25, 0.3) is 28.0 Å². The number of piperidine rings is 1. The highest BCUT2D eigenvalue weighted by Gasteiger charge is 2.28. The lowest BCUT2D eigenvalue weighted by Gasteiger charge is -2.40. The molecule has 1 saturated heterocycles. The molecule has 3 atom stereocenters. The van der Waals surface area contributed by atoms with E-state index in [0.717, 1.165) is 37.8 Å². The van der Waals surface area contributed by atoms with Crippen LogP contribution in [0.1, 0.15) is 62.6 Å². The minimum absolute atomic E-state index is 0.00679. The molecule has 2 aromatic heterocycles. The number of aryl methyl sites for hydroxylation is 1. The first-order valence-electron chi connectivity index (χ1n) is 15.2. The van der Waals surface area contributed by atoms with Crippen LogP contribution in [0.4, 0.5) is 8.78 Å². The maximum absolute atomic E-state index is 15.1. The zero-order valence-electron chi connectivity index (χ0n) is 25.2. The topological polar surface area (TPSA) is 118 Å². The quantitative estimate of drug-likeness (QED) is 0.138. The van der Waals surface area contributed by atoms with E-state index < -0.39 is 24.2 Å². The van der Waals surface area contributed by atoms with Crippen LogP contribution in [0.3, 0.4) is 0 Å². The van der Waals surface area contributed by atoms with Crippen molar-refractivity contribution in [3.05, 3.63) is 81.1 Å². The van der Waals surface area contributed by atoms with E-state index in [1.807, 2.05) is 19.1 Å². The maximum atomic E-state index is 15.1. The Kier molecular flexibility index (Phi) is 10.1. The average Bonchev–Trinajstić information content (AvgIpc) is 3.41. The number of aromatic amines is 1. The molecule has 8 nitrogen and oxygen atoms in total. The van der Waals surface area contributed by atoms with Gasteiger partial charge in [0.15, 0.2) is 5.82 Å². The van der Waals surface area contributed by atoms with Crippen molar-refractivity contribution in [2.75, 3.05) is 20.3 Å². The Morgan fingerprint density at radius 1 is 1.23 bits per heavy atom. The number of hydrogen-bond acceptors (Lipinski definition) is 5. The molecule has 0 saturated carbocycles. The lowest BCUT2D eigenvalue weighted by atomic mass is 9.90. The van der Waals surface area contributed by atoms with Gasteiger partial charge in [-0.1, -0.05) is 23.7 Å². The van der Waals surface area contributed by atoms with Crippen LogP contribution in [-0.2, 0) is 6.42 Å². The van der Waals surface area contributed by atoms with Crippen LogP contribution < -0.4 is 17.2 Å². The third-order valence-corrected chi connectivity index (χ3v) is 8.86. The van der Waals surface area contributed by atoms with Crippen LogP contribution in [0, 0.1) is 5.82 Å². The highest BCUT2D eigenvalue weighted by molar-refractivity contribution is 6.31. The molecule has 234 valence electrons. The molecular formula is C33H40ClF2N7O. The van der Waals surface area contributed by atoms with Gasteiger partial charge in [-0.05, 0) is 100 Å². The van der Waals surface area contributed by atoms with Crippen molar-refractivity contribution in [2.24, 2.45) is 16.5 Å². The monoisotopic (exact) mass is 623 g/mol. The first-order valence-corrected chi connectivity index (χ1v) is 15.5. The van der Waals surface area contributed by atoms with Gasteiger partial charge in [-0.25, -0.2) is 13.6 Å². The average molecular weight is 624 g/mol. The van der Waals surface area contributed by atoms with Gasteiger partial charge in [0.1, 0.15) is 12.3 Å². The predicted molar refractivity (Wildman–Crippen MR) is 174 cm³/mol. The number of alkyl halides is 1. The van der Waals surface area contributed by atoms with Crippen LogP contribution in [0.2, 0.25) is 5.02 Å². The van der Waals surface area contributed by atoms with Crippen LogP contribution >= 0.6 is 11.6 Å². The van der Waals surface area contributed by atoms with Gasteiger partial charge >= 0.3 is 5.69 Å². The van der Waals surface area contributed by atoms with Gasteiger partial charge in [0, 0.05) is 41.8 Å². The van der Waals surface area contributed by atoms with E-state index in [1.54, 1.807) is 24.4 Å². The summed E-state index contributed by atoms with van der Waals surface area (Å²) < 4.78 is 29.4. The summed E-state index contributed by atoms with van der Waals surface area (Å²) in [5, 5.41) is 0.649. The molecule has 44 heavy (non-hydrogen) atoms. The Hall–Kier alpha value is -3.60. The Morgan fingerprint density at radius 3 is 2.73 bits per heavy atom. The number of nitrogens with one attached hydrogen (secondary N) is 1. The van der Waals surface area contributed by atoms with Gasteiger partial charge in [0.25, 0.3) is 0 Å². The van der Waals surface area contributed by atoms with Crippen molar-refractivity contribution in [3.8, 4) is 16.9 Å². The Balaban J connectivity index is 1.36. The first-order chi connectivity index (χ1) is 21.1. The van der Waals surface area contributed by atoms with Crippen molar-refractivity contribution in [1.82, 2.24) is 19.4 Å². The standard InChI is InChI=1S/C33H40ClF2N7O/c1-20(37)39-14-13-25-7-4-8-30(42(25)2)22-9-11-26(12-10-22)43-19-23-17-29(40-32(23)41-33(43)44)27-15-21(16-28(34)31(27)36)5-3-6-24(38)18-35/h9-12,15-17,19,24-25,30H,3-8,13-14,18,38H2,1-2H3,(H2,37,39)(H,40,41,44)/t24?,25-,30-/m0/s1. The van der Waals surface area contributed by atoms with E-state index in [2.05, 4.69) is 39.0 Å². The third kappa shape index (κ3) is 7.20. The SMILES string of the molecule is CC(N)=NCC[C@@H]1CCC[C@@H](c2ccc(-n3cc4cc(-c5cc(CCCC(N)CF)cc(Cl)c5F)[nH]c4nc3=O)cc2)N1C. The molecule has 0 amide bonds. The zero-order chi connectivity index (χ0) is 31.4. The van der Waals surface area contributed by atoms with Gasteiger partial charge in [-0.3, -0.25) is 14.5 Å². The number of amidine groups is 1. The maximum Gasteiger partial charge on any atom is 0.354 e. The minimum atomic E-state index is -0.576. The van der Waals surface area contributed by atoms with Gasteiger partial charge in [0.2, 0.25) is 0 Å². The van der Waals surface area contributed by atoms with Crippen molar-refractivity contribution in [2.45, 2.75) is 70.0 Å². The summed E-state index contributed by atoms with van der Waals surface area (Å²) in [4.78, 5) is 27.2. The van der Waals surface area contributed by atoms with Crippen LogP contribution in [0.5, 0.6) is 0 Å². The fourth-order valence-corrected chi connectivity index (χ4v) is 6.40. The minimum Gasteiger partial charge on any atom is -0.388 e. The molecule has 0 radical (unpaired) electrons. The molecule has 0 spiro atoms. The largest absolute Gasteiger partial charge is 0.388 e. The number of benzene rings is 2. The fourth-order valence-electron chi connectivity index (χ4n) is 6.16. The van der Waals surface area contributed by atoms with Crippen molar-refractivity contribution in [3.63, 3.8) is 0 Å². The molecule has 0 bridgehead atoms. The van der Waals surface area contributed by atoms with Gasteiger partial charge in [-0.15, -0.1) is 0 Å². The van der Waals surface area contributed by atoms with Crippen molar-refractivity contribution < 1.29 is 8.78 Å². The van der Waals surface area contributed by atoms with E-state index in [0.29, 0.717) is 53.6 Å². The number of fused-ring (bicyclic) bond motifs is 1. The second-order valence-electron chi connectivity index (χ2n) is 11.8. The van der Waals surface area contributed by atoms with Gasteiger partial charge < -0.3 is 16.5 Å². The predicted octanol–water partition coefficient (Wildman–Crippen LogP) is 6.09. The number of H-pyrrole nitrogens is 1. The second-order valence-corrected chi connectivity index (χ2v) is 12.2. The lowest BCUT2D eigenvalue weighted by Crippen LogP contribution is -2.39. The number of aromatic nitrogens is 3. The molecule has 3 heterocycles. The highest BCUT2D eigenvalue weighted by atomic mass is 35.5. The molecule has 1 aliphatic rings. The number of likely N-dealkylation sites (tertiary alicyclic amines) is 1. The van der Waals surface area contributed by atoms with Crippen LogP contribution in [0.15, 0.2) is 58.4 Å². The molecule has 1 unspecified atom stereocenters. The summed E-state index contributed by atoms with van der Waals surface area (Å²) in [5.41, 5.74) is 14.8. The Bertz CT molecular complexity index is 1680. The van der Waals surface area contributed by atoms with Gasteiger partial charge in [0.05, 0.1) is 22.2 Å². The zero-order valence-corrected chi connectivity index (χ0v) is 26.0. The normalized spacial score (nSPS) is 18.6. The van der Waals surface area contributed by atoms with E-state index in [-0.39, 0.29) is 16.6 Å². The molecule has 0 aliphatic carbocycles. The van der Waals surface area contributed by atoms with Crippen molar-refractivity contribution in [1.29, 1.82) is 0 Å². The summed E-state index contributed by atoms with van der Waals surface area (Å²) in [7, 11) is 2.17. The van der Waals surface area contributed by atoms with E-state index >= 15 is 4.39 Å². The summed E-state index contributed by atoms with van der Waals surface area (Å²) in [5.74, 6) is 0.0503. The molecular weight excluding hydrogens is 584 g/mol. The number of aliphatic imine (C=N–C) groups is 1. The molecule has 2 aromatic carbocycles. The number of nitrogens with zero attached hydrogens (tertiary/aromatic N) is 4. The molecule has 11 heteroatoms. The van der Waals surface area contributed by atoms with Crippen LogP contribution in [-0.4, -0.2) is 57.6 Å². The lowest BCUT2D eigenvalue weighted by molar-refractivity contribution is 0.110. The first kappa shape index (κ1) is 31.8. The molecule has 4 aromatic rings. The smallest absolute Gasteiger partial charge is 0.354 e. The Morgan fingerprint density at radius 2 is 2.00 bits per heavy atom. The number of rotatable bonds is 11. The summed E-state index contributed by atoms with van der Waals surface area (Å²) in [6.07, 6.45) is 7.79. The van der Waals surface area contributed by atoms with E-state index in [4.69, 9.17) is 23.1 Å². The summed E-state index contributed by atoms with van der Waals surface area (Å²) in [6, 6.07) is 13.3. The Labute approximate surface area is 261 Å². The van der Waals surface area contributed by atoms with Crippen molar-refractivity contribution >= 4 is 28.5 Å². The summed E-state index contributed by atoms with van der Waals surface area (Å²) >= 11 is 6.23. The number of nitrogens with two attached hydrogens (primary N) is 2. The molecule has 1 fully saturated rings. The molecule has 1 aliphatic heterocycles. The number of hydrogen-bond donors (Lipinski definition) is 3. The van der Waals surface area contributed by atoms with Gasteiger partial charge in [-0.2, -0.15) is 4.98 Å². The number of halogens is 3. The summed E-state index contributed by atoms with van der Waals surface area (Å²) in [6.45, 7) is 1.97. The third-order valence-electron chi connectivity index (χ3n) is 8.59.